The van der Waals surface area contributed by atoms with Crippen LogP contribution in [0.4, 0.5) is 23.4 Å². The highest BCUT2D eigenvalue weighted by atomic mass is 35.5. The zero-order valence-corrected chi connectivity index (χ0v) is 31.7. The number of fused-ring (bicyclic) bond motifs is 2. The number of alkyl halides is 3. The number of anilines is 1. The number of aliphatic carboxylic acids is 1. The van der Waals surface area contributed by atoms with Crippen molar-refractivity contribution in [3.05, 3.63) is 147 Å². The Hall–Kier alpha value is -6.58. The normalized spacial score (nSPS) is 13.6. The molecule has 3 aromatic carbocycles. The molecule has 1 aliphatic heterocycles. The van der Waals surface area contributed by atoms with Crippen molar-refractivity contribution in [2.75, 3.05) is 18.0 Å². The minimum absolute atomic E-state index is 0.0318. The summed E-state index contributed by atoms with van der Waals surface area (Å²) in [6, 6.07) is 18.4. The molecule has 0 radical (unpaired) electrons. The number of hydrogen-bond acceptors (Lipinski definition) is 7. The Bertz CT molecular complexity index is 2880. The Morgan fingerprint density at radius 2 is 1.44 bits per heavy atom. The molecule has 0 atom stereocenters. The summed E-state index contributed by atoms with van der Waals surface area (Å²) in [5, 5.41) is 19.0. The lowest BCUT2D eigenvalue weighted by atomic mass is 9.96. The van der Waals surface area contributed by atoms with E-state index in [1.54, 1.807) is 24.3 Å². The number of imidazole rings is 2. The molecular weight excluding hydrogens is 817 g/mol. The summed E-state index contributed by atoms with van der Waals surface area (Å²) in [7, 11) is 0. The number of hydrogen-bond donors (Lipinski definition) is 2. The van der Waals surface area contributed by atoms with E-state index in [-0.39, 0.29) is 54.9 Å². The van der Waals surface area contributed by atoms with E-state index in [9.17, 15) is 42.6 Å². The molecule has 4 aromatic heterocycles. The van der Waals surface area contributed by atoms with Crippen molar-refractivity contribution in [2.45, 2.75) is 19.0 Å². The fourth-order valence-corrected chi connectivity index (χ4v) is 7.88. The van der Waals surface area contributed by atoms with Crippen molar-refractivity contribution in [3.8, 4) is 22.4 Å². The lowest BCUT2D eigenvalue weighted by molar-refractivity contribution is -0.142. The Kier molecular flexibility index (Phi) is 9.97. The molecule has 0 bridgehead atoms. The number of carboxylic acid groups (broad SMARTS) is 2. The second kappa shape index (κ2) is 15.0. The maximum atomic E-state index is 15.3. The van der Waals surface area contributed by atoms with Gasteiger partial charge in [-0.05, 0) is 84.6 Å². The predicted molar refractivity (Wildman–Crippen MR) is 209 cm³/mol. The summed E-state index contributed by atoms with van der Waals surface area (Å²) >= 11 is 12.8. The highest BCUT2D eigenvalue weighted by molar-refractivity contribution is 6.40. The van der Waals surface area contributed by atoms with Crippen molar-refractivity contribution in [1.29, 1.82) is 0 Å². The first-order chi connectivity index (χ1) is 28.1. The predicted octanol–water partition coefficient (Wildman–Crippen LogP) is 9.24. The summed E-state index contributed by atoms with van der Waals surface area (Å²) in [5.74, 6) is -5.84. The smallest absolute Gasteiger partial charge is 0.417 e. The minimum atomic E-state index is -5.00. The molecule has 8 rings (SSSR count). The summed E-state index contributed by atoms with van der Waals surface area (Å²) in [6.45, 7) is 0.640. The number of piperidine rings is 1. The summed E-state index contributed by atoms with van der Waals surface area (Å²) in [5.41, 5.74) is -1.66. The number of ketones is 2. The molecule has 7 aromatic rings. The molecule has 5 heterocycles. The van der Waals surface area contributed by atoms with Gasteiger partial charge in [-0.3, -0.25) is 23.2 Å². The van der Waals surface area contributed by atoms with Gasteiger partial charge in [0.1, 0.15) is 5.82 Å². The average Bonchev–Trinajstić information content (AvgIpc) is 3.79. The zero-order chi connectivity index (χ0) is 41.9. The molecule has 0 amide bonds. The van der Waals surface area contributed by atoms with Gasteiger partial charge in [0.25, 0.3) is 0 Å². The van der Waals surface area contributed by atoms with Crippen LogP contribution in [0.3, 0.4) is 0 Å². The first kappa shape index (κ1) is 39.3. The van der Waals surface area contributed by atoms with Gasteiger partial charge in [-0.25, -0.2) is 19.2 Å². The van der Waals surface area contributed by atoms with Crippen LogP contribution in [0.25, 0.3) is 33.4 Å². The summed E-state index contributed by atoms with van der Waals surface area (Å²) in [6.07, 6.45) is -1.47. The van der Waals surface area contributed by atoms with Gasteiger partial charge in [0.15, 0.2) is 17.5 Å². The Morgan fingerprint density at radius 3 is 2.10 bits per heavy atom. The zero-order valence-electron chi connectivity index (χ0n) is 30.2. The average molecular weight is 845 g/mol. The molecule has 59 heavy (non-hydrogen) atoms. The Morgan fingerprint density at radius 1 is 0.746 bits per heavy atom. The van der Waals surface area contributed by atoms with E-state index in [1.807, 2.05) is 4.90 Å². The van der Waals surface area contributed by atoms with E-state index in [0.717, 1.165) is 24.3 Å². The second-order valence-corrected chi connectivity index (χ2v) is 14.6. The number of nitrogens with zero attached hydrogens (tertiary/aromatic N) is 5. The van der Waals surface area contributed by atoms with Gasteiger partial charge in [-0.2, -0.15) is 13.2 Å². The Balaban J connectivity index is 1.26. The highest BCUT2D eigenvalue weighted by Crippen LogP contribution is 2.38. The lowest BCUT2D eigenvalue weighted by Crippen LogP contribution is -2.36. The van der Waals surface area contributed by atoms with Crippen molar-refractivity contribution in [2.24, 2.45) is 5.92 Å². The number of aromatic carboxylic acids is 1. The van der Waals surface area contributed by atoms with Gasteiger partial charge in [0, 0.05) is 36.6 Å². The molecular formula is C42H27Cl2F4N5O6. The second-order valence-electron chi connectivity index (χ2n) is 13.8. The van der Waals surface area contributed by atoms with Gasteiger partial charge in [0.2, 0.25) is 11.6 Å². The van der Waals surface area contributed by atoms with Gasteiger partial charge in [-0.15, -0.1) is 0 Å². The van der Waals surface area contributed by atoms with Crippen molar-refractivity contribution >= 4 is 63.6 Å². The molecule has 1 fully saturated rings. The first-order valence-corrected chi connectivity index (χ1v) is 18.6. The number of carboxylic acids is 2. The van der Waals surface area contributed by atoms with Crippen LogP contribution in [0.15, 0.2) is 97.3 Å². The topological polar surface area (TPSA) is 147 Å². The van der Waals surface area contributed by atoms with Crippen LogP contribution in [0, 0.1) is 11.7 Å². The van der Waals surface area contributed by atoms with Gasteiger partial charge in [0.05, 0.1) is 49.4 Å². The van der Waals surface area contributed by atoms with E-state index in [0.29, 0.717) is 37.3 Å². The quantitative estimate of drug-likeness (QED) is 0.107. The molecule has 17 heteroatoms. The summed E-state index contributed by atoms with van der Waals surface area (Å²) in [4.78, 5) is 62.4. The third-order valence-electron chi connectivity index (χ3n) is 10.3. The van der Waals surface area contributed by atoms with E-state index in [2.05, 4.69) is 9.97 Å². The monoisotopic (exact) mass is 843 g/mol. The number of aromatic nitrogens is 4. The maximum absolute atomic E-state index is 15.3. The SMILES string of the molecule is O=C(O)c1ccc(-c2nc(C(=O)c3cc(-c4ccc5c(N6CCC(C(=O)O)CC6)nc(C(=O)c6c(Cl)cccc6Cl)n5c4)ccc3C(F)(F)F)n3ccccc23)c(F)c1. The van der Waals surface area contributed by atoms with E-state index >= 15 is 4.39 Å². The van der Waals surface area contributed by atoms with Crippen LogP contribution in [0.2, 0.25) is 10.0 Å². The fourth-order valence-electron chi connectivity index (χ4n) is 7.31. The van der Waals surface area contributed by atoms with Gasteiger partial charge in [-0.1, -0.05) is 47.5 Å². The number of halogens is 6. The van der Waals surface area contributed by atoms with Crippen molar-refractivity contribution in [3.63, 3.8) is 0 Å². The third-order valence-corrected chi connectivity index (χ3v) is 10.9. The molecule has 0 aliphatic carbocycles. The maximum Gasteiger partial charge on any atom is 0.417 e. The van der Waals surface area contributed by atoms with Crippen molar-refractivity contribution < 1.29 is 47.0 Å². The van der Waals surface area contributed by atoms with Crippen LogP contribution in [0.1, 0.15) is 61.1 Å². The molecule has 1 aliphatic rings. The number of carbonyl (C=O) groups excluding carboxylic acids is 2. The molecule has 298 valence electrons. The van der Waals surface area contributed by atoms with Crippen LogP contribution in [-0.2, 0) is 11.0 Å². The third kappa shape index (κ3) is 7.05. The first-order valence-electron chi connectivity index (χ1n) is 17.9. The van der Waals surface area contributed by atoms with E-state index in [1.165, 1.54) is 57.6 Å². The summed E-state index contributed by atoms with van der Waals surface area (Å²) < 4.78 is 61.9. The standard InChI is InChI=1S/C42H27Cl2F4N5O6/c43-28-4-3-5-29(44)33(28)36(55)39-50-37(51-16-13-21(14-17-51)40(56)57)32-12-9-24(20-53(32)39)22-8-11-27(42(46,47)48)26(18-22)35(54)38-49-34(31-6-1-2-15-52(31)38)25-10-7-23(41(58)59)19-30(25)45/h1-12,15,18-21H,13-14,16-17H2,(H,56,57)(H,58,59). The van der Waals surface area contributed by atoms with Crippen LogP contribution >= 0.6 is 23.2 Å². The number of benzene rings is 3. The molecule has 0 unspecified atom stereocenters. The van der Waals surface area contributed by atoms with E-state index in [4.69, 9.17) is 23.2 Å². The number of pyridine rings is 2. The number of carbonyl (C=O) groups is 4. The van der Waals surface area contributed by atoms with E-state index < -0.39 is 58.4 Å². The Labute approximate surface area is 340 Å². The van der Waals surface area contributed by atoms with Crippen LogP contribution in [0.5, 0.6) is 0 Å². The van der Waals surface area contributed by atoms with Gasteiger partial charge < -0.3 is 15.1 Å². The van der Waals surface area contributed by atoms with Crippen molar-refractivity contribution in [1.82, 2.24) is 18.8 Å². The largest absolute Gasteiger partial charge is 0.481 e. The molecule has 2 N–H and O–H groups in total. The number of rotatable bonds is 9. The highest BCUT2D eigenvalue weighted by Gasteiger charge is 2.37. The molecule has 11 nitrogen and oxygen atoms in total. The van der Waals surface area contributed by atoms with Crippen LogP contribution in [-0.4, -0.2) is 65.6 Å². The van der Waals surface area contributed by atoms with Gasteiger partial charge >= 0.3 is 18.1 Å². The molecule has 0 saturated carbocycles. The molecule has 0 spiro atoms. The fraction of sp³-hybridized carbons (Fsp3) is 0.143. The minimum Gasteiger partial charge on any atom is -0.481 e. The van der Waals surface area contributed by atoms with Crippen LogP contribution < -0.4 is 4.90 Å². The molecule has 1 saturated heterocycles. The lowest BCUT2D eigenvalue weighted by Gasteiger charge is -2.30.